The highest BCUT2D eigenvalue weighted by molar-refractivity contribution is 7.86. The molecule has 0 saturated carbocycles. The van der Waals surface area contributed by atoms with Crippen LogP contribution in [0, 0.1) is 0 Å². The van der Waals surface area contributed by atoms with Gasteiger partial charge in [0.15, 0.2) is 5.78 Å². The van der Waals surface area contributed by atoms with Crippen LogP contribution >= 0.6 is 0 Å². The number of fused-ring (bicyclic) bond motifs is 1. The number of ketones is 1. The van der Waals surface area contributed by atoms with Gasteiger partial charge < -0.3 is 0 Å². The molecule has 1 aliphatic rings. The van der Waals surface area contributed by atoms with Crippen LogP contribution in [0.15, 0.2) is 23.1 Å². The quantitative estimate of drug-likeness (QED) is 0.709. The van der Waals surface area contributed by atoms with Crippen LogP contribution in [-0.4, -0.2) is 14.2 Å². The van der Waals surface area contributed by atoms with Crippen molar-refractivity contribution >= 4 is 16.0 Å². The van der Waals surface area contributed by atoms with Crippen molar-refractivity contribution in [1.82, 2.24) is 0 Å². The number of rotatable bonds is 1. The fourth-order valence-corrected chi connectivity index (χ4v) is 2.58. The third kappa shape index (κ3) is 1.65. The molecule has 1 aromatic rings. The van der Waals surface area contributed by atoms with E-state index in [0.29, 0.717) is 12.0 Å². The van der Waals surface area contributed by atoms with Gasteiger partial charge in [0, 0.05) is 12.0 Å². The Labute approximate surface area is 93.5 Å². The molecule has 0 atom stereocenters. The Kier molecular flexibility index (Phi) is 2.21. The van der Waals surface area contributed by atoms with E-state index in [9.17, 15) is 17.1 Å². The second-order valence-corrected chi connectivity index (χ2v) is 5.98. The summed E-state index contributed by atoms with van der Waals surface area (Å²) in [6.07, 6.45) is 0.331. The minimum atomic E-state index is -4.74. The van der Waals surface area contributed by atoms with Crippen molar-refractivity contribution in [1.29, 1.82) is 0 Å². The van der Waals surface area contributed by atoms with Gasteiger partial charge in [-0.05, 0) is 23.1 Å². The van der Waals surface area contributed by atoms with Crippen molar-refractivity contribution in [3.63, 3.8) is 0 Å². The van der Waals surface area contributed by atoms with E-state index in [1.165, 1.54) is 12.1 Å². The molecule has 0 bridgehead atoms. The molecule has 0 aromatic heterocycles. The van der Waals surface area contributed by atoms with E-state index in [2.05, 4.69) is 0 Å². The summed E-state index contributed by atoms with van der Waals surface area (Å²) in [6, 6.07) is 3.85. The Morgan fingerprint density at radius 3 is 2.50 bits per heavy atom. The number of carbonyl (C=O) groups is 1. The van der Waals surface area contributed by atoms with Crippen molar-refractivity contribution in [2.24, 2.45) is 0 Å². The molecule has 0 heterocycles. The molecule has 1 aromatic carbocycles. The van der Waals surface area contributed by atoms with Crippen LogP contribution in [0.1, 0.15) is 36.2 Å². The smallest absolute Gasteiger partial charge is 0.294 e. The zero-order valence-electron chi connectivity index (χ0n) is 8.95. The van der Waals surface area contributed by atoms with E-state index in [1.54, 1.807) is 0 Å². The fourth-order valence-electron chi connectivity index (χ4n) is 2.09. The maximum absolute atomic E-state index is 12.8. The number of benzene rings is 1. The fraction of sp³-hybridized carbons (Fsp3) is 0.364. The zero-order chi connectivity index (χ0) is 12.1. The van der Waals surface area contributed by atoms with E-state index < -0.39 is 15.1 Å². The van der Waals surface area contributed by atoms with Gasteiger partial charge in [-0.25, -0.2) is 0 Å². The summed E-state index contributed by atoms with van der Waals surface area (Å²) < 4.78 is 34.2. The molecule has 0 amide bonds. The van der Waals surface area contributed by atoms with Crippen LogP contribution in [0.25, 0.3) is 0 Å². The monoisotopic (exact) mass is 242 g/mol. The Bertz CT molecular complexity index is 573. The first-order valence-electron chi connectivity index (χ1n) is 4.84. The lowest BCUT2D eigenvalue weighted by atomic mass is 9.87. The highest BCUT2D eigenvalue weighted by atomic mass is 32.3. The first-order valence-corrected chi connectivity index (χ1v) is 6.22. The summed E-state index contributed by atoms with van der Waals surface area (Å²) in [5.74, 6) is -0.134. The standard InChI is InChI=1S/C11H11FO3S/c1-11(2)6-10(13)8-5-7(16(12,14)15)3-4-9(8)11/h3-5H,6H2,1-2H3. The summed E-state index contributed by atoms with van der Waals surface area (Å²) in [5.41, 5.74) is 0.805. The van der Waals surface area contributed by atoms with Gasteiger partial charge in [-0.1, -0.05) is 19.9 Å². The third-order valence-corrected chi connectivity index (χ3v) is 3.72. The number of Topliss-reactive ketones (excluding diaryl/α,β-unsaturated/α-hetero) is 1. The van der Waals surface area contributed by atoms with Crippen LogP contribution < -0.4 is 0 Å². The summed E-state index contributed by atoms with van der Waals surface area (Å²) in [4.78, 5) is 11.2. The average molecular weight is 242 g/mol. The Morgan fingerprint density at radius 2 is 1.94 bits per heavy atom. The van der Waals surface area contributed by atoms with Gasteiger partial charge in [0.05, 0.1) is 4.90 Å². The molecule has 0 N–H and O–H groups in total. The lowest BCUT2D eigenvalue weighted by Gasteiger charge is -2.17. The Morgan fingerprint density at radius 1 is 1.31 bits per heavy atom. The van der Waals surface area contributed by atoms with Crippen LogP contribution in [0.5, 0.6) is 0 Å². The number of carbonyl (C=O) groups excluding carboxylic acids is 1. The number of halogens is 1. The zero-order valence-corrected chi connectivity index (χ0v) is 9.77. The predicted molar refractivity (Wildman–Crippen MR) is 56.7 cm³/mol. The predicted octanol–water partition coefficient (Wildman–Crippen LogP) is 2.21. The van der Waals surface area contributed by atoms with Gasteiger partial charge in [0.2, 0.25) is 0 Å². The van der Waals surface area contributed by atoms with Crippen molar-refractivity contribution in [2.75, 3.05) is 0 Å². The highest BCUT2D eigenvalue weighted by Crippen LogP contribution is 2.39. The van der Waals surface area contributed by atoms with Gasteiger partial charge in [-0.3, -0.25) is 4.79 Å². The summed E-state index contributed by atoms with van der Waals surface area (Å²) in [5, 5.41) is 0. The van der Waals surface area contributed by atoms with Crippen molar-refractivity contribution < 1.29 is 17.1 Å². The molecule has 0 radical (unpaired) electrons. The molecule has 0 spiro atoms. The average Bonchev–Trinajstić information content (AvgIpc) is 2.36. The van der Waals surface area contributed by atoms with Gasteiger partial charge in [-0.2, -0.15) is 8.42 Å². The van der Waals surface area contributed by atoms with Crippen LogP contribution in [0.3, 0.4) is 0 Å². The maximum Gasteiger partial charge on any atom is 0.332 e. The third-order valence-electron chi connectivity index (χ3n) is 2.90. The van der Waals surface area contributed by atoms with Crippen molar-refractivity contribution in [3.8, 4) is 0 Å². The molecular formula is C11H11FO3S. The molecule has 3 nitrogen and oxygen atoms in total. The Balaban J connectivity index is 2.66. The molecular weight excluding hydrogens is 231 g/mol. The van der Waals surface area contributed by atoms with E-state index in [4.69, 9.17) is 0 Å². The number of hydrogen-bond acceptors (Lipinski definition) is 3. The second-order valence-electron chi connectivity index (χ2n) is 4.63. The first kappa shape index (κ1) is 11.3. The molecule has 0 fully saturated rings. The summed E-state index contributed by atoms with van der Waals surface area (Å²) in [7, 11) is -4.74. The molecule has 0 unspecified atom stereocenters. The molecule has 86 valence electrons. The lowest BCUT2D eigenvalue weighted by Crippen LogP contribution is -2.12. The minimum Gasteiger partial charge on any atom is -0.294 e. The minimum absolute atomic E-state index is 0.134. The van der Waals surface area contributed by atoms with Crippen molar-refractivity contribution in [2.45, 2.75) is 30.6 Å². The summed E-state index contributed by atoms with van der Waals surface area (Å²) >= 11 is 0. The van der Waals surface area contributed by atoms with E-state index in [-0.39, 0.29) is 11.2 Å². The topological polar surface area (TPSA) is 51.2 Å². The lowest BCUT2D eigenvalue weighted by molar-refractivity contribution is 0.0979. The van der Waals surface area contributed by atoms with Crippen molar-refractivity contribution in [3.05, 3.63) is 29.3 Å². The maximum atomic E-state index is 12.8. The molecule has 2 rings (SSSR count). The molecule has 5 heteroatoms. The van der Waals surface area contributed by atoms with Gasteiger partial charge in [0.1, 0.15) is 0 Å². The highest BCUT2D eigenvalue weighted by Gasteiger charge is 2.36. The van der Waals surface area contributed by atoms with Gasteiger partial charge in [0.25, 0.3) is 0 Å². The van der Waals surface area contributed by atoms with E-state index in [1.807, 2.05) is 13.8 Å². The Hall–Kier alpha value is -1.23. The molecule has 1 aliphatic carbocycles. The summed E-state index contributed by atoms with van der Waals surface area (Å²) in [6.45, 7) is 3.81. The van der Waals surface area contributed by atoms with E-state index in [0.717, 1.165) is 11.6 Å². The molecule has 0 saturated heterocycles. The van der Waals surface area contributed by atoms with E-state index >= 15 is 0 Å². The van der Waals surface area contributed by atoms with Gasteiger partial charge >= 0.3 is 10.2 Å². The van der Waals surface area contributed by atoms with Gasteiger partial charge in [-0.15, -0.1) is 3.89 Å². The SMILES string of the molecule is CC1(C)CC(=O)c2cc(S(=O)(=O)F)ccc21. The normalized spacial score (nSPS) is 18.6. The van der Waals surface area contributed by atoms with Crippen LogP contribution in [-0.2, 0) is 15.6 Å². The first-order chi connectivity index (χ1) is 7.22. The second kappa shape index (κ2) is 3.13. The van der Waals surface area contributed by atoms with Crippen LogP contribution in [0.2, 0.25) is 0 Å². The molecule has 16 heavy (non-hydrogen) atoms. The number of hydrogen-bond donors (Lipinski definition) is 0. The van der Waals surface area contributed by atoms with Crippen LogP contribution in [0.4, 0.5) is 3.89 Å². The largest absolute Gasteiger partial charge is 0.332 e. The molecule has 0 aliphatic heterocycles.